The minimum absolute atomic E-state index is 0.0449. The van der Waals surface area contributed by atoms with E-state index in [0.717, 1.165) is 0 Å². The third-order valence-electron chi connectivity index (χ3n) is 5.75. The Bertz CT molecular complexity index is 1100. The van der Waals surface area contributed by atoms with Crippen LogP contribution in [0.1, 0.15) is 25.7 Å². The number of carbonyl (C=O) groups is 2. The van der Waals surface area contributed by atoms with Crippen LogP contribution in [0.2, 0.25) is 0 Å². The first-order chi connectivity index (χ1) is 16.8. The van der Waals surface area contributed by atoms with E-state index in [4.69, 9.17) is 9.47 Å². The van der Waals surface area contributed by atoms with Gasteiger partial charge in [0, 0.05) is 45.2 Å². The number of nitrogens with zero attached hydrogens (tertiary/aromatic N) is 3. The highest BCUT2D eigenvalue weighted by Gasteiger charge is 2.28. The summed E-state index contributed by atoms with van der Waals surface area (Å²) in [4.78, 5) is 29.0. The fraction of sp³-hybridized carbons (Fsp3) is 0.522. The van der Waals surface area contributed by atoms with Gasteiger partial charge in [0.2, 0.25) is 11.8 Å². The summed E-state index contributed by atoms with van der Waals surface area (Å²) < 4.78 is 39.8. The lowest BCUT2D eigenvalue weighted by Crippen LogP contribution is -2.36. The van der Waals surface area contributed by atoms with Crippen LogP contribution in [0.4, 0.5) is 0 Å². The molecule has 1 aromatic carbocycles. The van der Waals surface area contributed by atoms with Crippen molar-refractivity contribution in [3.63, 3.8) is 0 Å². The number of amides is 2. The predicted octanol–water partition coefficient (Wildman–Crippen LogP) is 0.921. The quantitative estimate of drug-likeness (QED) is 0.508. The van der Waals surface area contributed by atoms with Crippen molar-refractivity contribution in [3.8, 4) is 11.5 Å². The number of rotatable bonds is 8. The fourth-order valence-electron chi connectivity index (χ4n) is 3.85. The summed E-state index contributed by atoms with van der Waals surface area (Å²) in [7, 11) is -0.584. The van der Waals surface area contributed by atoms with Gasteiger partial charge in [-0.25, -0.2) is 13.4 Å². The van der Waals surface area contributed by atoms with Crippen LogP contribution in [0.15, 0.2) is 41.8 Å². The number of nitrogens with one attached hydrogen (secondary N) is 2. The van der Waals surface area contributed by atoms with Crippen molar-refractivity contribution in [2.24, 2.45) is 13.0 Å². The number of para-hydroxylation sites is 2. The first-order valence-electron chi connectivity index (χ1n) is 11.6. The molecule has 192 valence electrons. The van der Waals surface area contributed by atoms with Crippen LogP contribution < -0.4 is 20.1 Å². The number of aryl methyl sites for hydroxylation is 1. The first kappa shape index (κ1) is 26.5. The van der Waals surface area contributed by atoms with Gasteiger partial charge in [-0.3, -0.25) is 9.59 Å². The van der Waals surface area contributed by atoms with E-state index in [1.165, 1.54) is 16.8 Å². The van der Waals surface area contributed by atoms with Crippen LogP contribution in [0.3, 0.4) is 0 Å². The topological polar surface area (TPSA) is 132 Å². The number of benzene rings is 1. The molecular weight excluding hydrogens is 474 g/mol. The summed E-state index contributed by atoms with van der Waals surface area (Å²) in [5, 5.41) is 5.61. The molecule has 2 heterocycles. The zero-order valence-corrected chi connectivity index (χ0v) is 20.9. The van der Waals surface area contributed by atoms with Gasteiger partial charge in [0.1, 0.15) is 6.61 Å². The van der Waals surface area contributed by atoms with Gasteiger partial charge in [-0.05, 0) is 31.4 Å². The molecule has 3 rings (SSSR count). The number of aromatic nitrogens is 2. The van der Waals surface area contributed by atoms with Crippen molar-refractivity contribution in [2.45, 2.75) is 30.7 Å². The average Bonchev–Trinajstić information content (AvgIpc) is 3.28. The van der Waals surface area contributed by atoms with Crippen LogP contribution in [0, 0.1) is 5.92 Å². The molecule has 0 aliphatic carbocycles. The Hall–Kier alpha value is -3.12. The molecule has 2 aromatic rings. The normalized spacial score (nSPS) is 18.2. The molecule has 1 fully saturated rings. The summed E-state index contributed by atoms with van der Waals surface area (Å²) in [6.07, 6.45) is 4.34. The number of ether oxygens (including phenoxy) is 2. The molecule has 1 atom stereocenters. The van der Waals surface area contributed by atoms with Crippen molar-refractivity contribution in [2.75, 3.05) is 39.9 Å². The highest BCUT2D eigenvalue weighted by molar-refractivity contribution is 7.89. The lowest BCUT2D eigenvalue weighted by Gasteiger charge is -2.21. The molecule has 0 bridgehead atoms. The minimum Gasteiger partial charge on any atom is -0.493 e. The smallest absolute Gasteiger partial charge is 0.262 e. The molecular formula is C23H33N5O6S. The van der Waals surface area contributed by atoms with Crippen LogP contribution in [-0.2, 0) is 26.7 Å². The van der Waals surface area contributed by atoms with Gasteiger partial charge >= 0.3 is 0 Å². The average molecular weight is 508 g/mol. The second-order valence-electron chi connectivity index (χ2n) is 8.30. The molecule has 1 aliphatic heterocycles. The molecule has 0 saturated carbocycles. The van der Waals surface area contributed by atoms with E-state index in [1.54, 1.807) is 30.9 Å². The summed E-state index contributed by atoms with van der Waals surface area (Å²) in [5.74, 6) is 0.442. The summed E-state index contributed by atoms with van der Waals surface area (Å²) in [6.45, 7) is 1.18. The molecule has 0 radical (unpaired) electrons. The Morgan fingerprint density at radius 2 is 2.00 bits per heavy atom. The standard InChI is InChI=1S/C23H33N5O6S/c1-27-16-22(26-17-27)35(31,32)28-13-5-6-18(9-11-24-21(29)10-14-28)23(30)25-12-15-34-20-8-4-3-7-19(20)33-2/h3-4,7-8,16-18H,5-6,9-15H2,1-2H3,(H,24,29)(H,25,30). The highest BCUT2D eigenvalue weighted by atomic mass is 32.2. The van der Waals surface area contributed by atoms with Gasteiger partial charge in [0.05, 0.1) is 20.0 Å². The van der Waals surface area contributed by atoms with Crippen LogP contribution in [-0.4, -0.2) is 74.0 Å². The van der Waals surface area contributed by atoms with Crippen molar-refractivity contribution in [1.82, 2.24) is 24.5 Å². The molecule has 1 saturated heterocycles. The van der Waals surface area contributed by atoms with E-state index < -0.39 is 10.0 Å². The van der Waals surface area contributed by atoms with Crippen molar-refractivity contribution >= 4 is 21.8 Å². The number of hydrogen-bond donors (Lipinski definition) is 2. The second kappa shape index (κ2) is 12.5. The van der Waals surface area contributed by atoms with E-state index in [0.29, 0.717) is 43.9 Å². The third kappa shape index (κ3) is 7.43. The molecule has 0 spiro atoms. The summed E-state index contributed by atoms with van der Waals surface area (Å²) in [5.41, 5.74) is 0. The SMILES string of the molecule is COc1ccccc1OCCNC(=O)C1CCCN(S(=O)(=O)c2cn(C)cn2)CCC(=O)NCC1. The molecule has 1 aromatic heterocycles. The van der Waals surface area contributed by atoms with E-state index in [1.807, 2.05) is 12.1 Å². The Balaban J connectivity index is 1.56. The maximum atomic E-state index is 13.0. The molecule has 1 aliphatic rings. The molecule has 2 amide bonds. The maximum Gasteiger partial charge on any atom is 0.262 e. The number of imidazole rings is 1. The van der Waals surface area contributed by atoms with Gasteiger partial charge in [-0.1, -0.05) is 12.1 Å². The molecule has 1 unspecified atom stereocenters. The van der Waals surface area contributed by atoms with E-state index in [-0.39, 0.29) is 48.9 Å². The highest BCUT2D eigenvalue weighted by Crippen LogP contribution is 2.25. The Morgan fingerprint density at radius 3 is 2.71 bits per heavy atom. The Morgan fingerprint density at radius 1 is 1.23 bits per heavy atom. The van der Waals surface area contributed by atoms with Crippen LogP contribution in [0.5, 0.6) is 11.5 Å². The molecule has 2 N–H and O–H groups in total. The Kier molecular flexibility index (Phi) is 9.49. The number of carbonyl (C=O) groups excluding carboxylic acids is 2. The fourth-order valence-corrected chi connectivity index (χ4v) is 5.29. The van der Waals surface area contributed by atoms with E-state index in [9.17, 15) is 18.0 Å². The zero-order valence-electron chi connectivity index (χ0n) is 20.1. The lowest BCUT2D eigenvalue weighted by atomic mass is 9.98. The zero-order chi connectivity index (χ0) is 25.3. The van der Waals surface area contributed by atoms with Gasteiger partial charge in [-0.15, -0.1) is 0 Å². The van der Waals surface area contributed by atoms with Crippen molar-refractivity contribution < 1.29 is 27.5 Å². The molecule has 35 heavy (non-hydrogen) atoms. The van der Waals surface area contributed by atoms with Crippen molar-refractivity contribution in [3.05, 3.63) is 36.8 Å². The first-order valence-corrected chi connectivity index (χ1v) is 13.0. The Labute approximate surface area is 205 Å². The molecule has 12 heteroatoms. The number of methoxy groups -OCH3 is 1. The van der Waals surface area contributed by atoms with Crippen LogP contribution >= 0.6 is 0 Å². The van der Waals surface area contributed by atoms with Gasteiger partial charge in [-0.2, -0.15) is 4.31 Å². The summed E-state index contributed by atoms with van der Waals surface area (Å²) >= 11 is 0. The summed E-state index contributed by atoms with van der Waals surface area (Å²) in [6, 6.07) is 7.27. The van der Waals surface area contributed by atoms with E-state index >= 15 is 0 Å². The van der Waals surface area contributed by atoms with Gasteiger partial charge < -0.3 is 24.7 Å². The molecule has 11 nitrogen and oxygen atoms in total. The maximum absolute atomic E-state index is 13.0. The largest absolute Gasteiger partial charge is 0.493 e. The lowest BCUT2D eigenvalue weighted by molar-refractivity contribution is -0.126. The minimum atomic E-state index is -3.84. The van der Waals surface area contributed by atoms with Gasteiger partial charge in [0.25, 0.3) is 10.0 Å². The van der Waals surface area contributed by atoms with E-state index in [2.05, 4.69) is 15.6 Å². The van der Waals surface area contributed by atoms with Crippen molar-refractivity contribution in [1.29, 1.82) is 0 Å². The number of sulfonamides is 1. The third-order valence-corrected chi connectivity index (χ3v) is 7.53. The monoisotopic (exact) mass is 507 g/mol. The van der Waals surface area contributed by atoms with Crippen LogP contribution in [0.25, 0.3) is 0 Å². The number of hydrogen-bond acceptors (Lipinski definition) is 7. The van der Waals surface area contributed by atoms with Gasteiger partial charge in [0.15, 0.2) is 16.5 Å². The second-order valence-corrected chi connectivity index (χ2v) is 10.2. The predicted molar refractivity (Wildman–Crippen MR) is 128 cm³/mol.